The minimum Gasteiger partial charge on any atom is -0.385 e. The summed E-state index contributed by atoms with van der Waals surface area (Å²) >= 11 is 0. The van der Waals surface area contributed by atoms with E-state index in [-0.39, 0.29) is 17.4 Å². The first-order valence-electron chi connectivity index (χ1n) is 6.59. The number of alkyl halides is 2. The van der Waals surface area contributed by atoms with E-state index in [2.05, 4.69) is 4.99 Å². The third-order valence-electron chi connectivity index (χ3n) is 3.72. The van der Waals surface area contributed by atoms with Crippen molar-refractivity contribution in [3.8, 4) is 0 Å². The Labute approximate surface area is 115 Å². The van der Waals surface area contributed by atoms with Gasteiger partial charge in [0.05, 0.1) is 0 Å². The molecule has 20 heavy (non-hydrogen) atoms. The number of nitrogens with zero attached hydrogens (tertiary/aromatic N) is 2. The van der Waals surface area contributed by atoms with Gasteiger partial charge in [-0.05, 0) is 24.3 Å². The highest BCUT2D eigenvalue weighted by Gasteiger charge is 2.38. The van der Waals surface area contributed by atoms with E-state index in [0.717, 1.165) is 18.4 Å². The number of aliphatic imine (C=N–C) groups is 1. The topological polar surface area (TPSA) is 58.7 Å². The average Bonchev–Trinajstić information content (AvgIpc) is 3.17. The first-order chi connectivity index (χ1) is 9.56. The van der Waals surface area contributed by atoms with E-state index in [4.69, 9.17) is 5.73 Å². The van der Waals surface area contributed by atoms with Crippen LogP contribution >= 0.6 is 0 Å². The summed E-state index contributed by atoms with van der Waals surface area (Å²) in [6, 6.07) is 5.16. The number of carbonyl (C=O) groups is 1. The van der Waals surface area contributed by atoms with Gasteiger partial charge in [0, 0.05) is 12.1 Å². The molecule has 3 rings (SSSR count). The monoisotopic (exact) mass is 279 g/mol. The summed E-state index contributed by atoms with van der Waals surface area (Å²) < 4.78 is 25.1. The lowest BCUT2D eigenvalue weighted by molar-refractivity contribution is 0.151. The summed E-state index contributed by atoms with van der Waals surface area (Å²) in [4.78, 5) is 17.3. The number of urea groups is 1. The van der Waals surface area contributed by atoms with Crippen molar-refractivity contribution in [2.45, 2.75) is 25.3 Å². The fourth-order valence-electron chi connectivity index (χ4n) is 2.44. The second-order valence-corrected chi connectivity index (χ2v) is 5.28. The number of hydrogen-bond acceptors (Lipinski definition) is 2. The number of nitrogens with two attached hydrogens (primary N) is 1. The molecule has 0 saturated heterocycles. The molecule has 1 aliphatic heterocycles. The fraction of sp³-hybridized carbons (Fsp3) is 0.429. The van der Waals surface area contributed by atoms with Gasteiger partial charge < -0.3 is 10.6 Å². The molecule has 1 unspecified atom stereocenters. The van der Waals surface area contributed by atoms with Crippen molar-refractivity contribution in [3.05, 3.63) is 35.4 Å². The van der Waals surface area contributed by atoms with E-state index in [1.165, 1.54) is 12.1 Å². The summed E-state index contributed by atoms with van der Waals surface area (Å²) in [6.45, 7) is 0.629. The molecule has 0 spiro atoms. The summed E-state index contributed by atoms with van der Waals surface area (Å²) in [5.74, 6) is 0.753. The number of hydrogen-bond donors (Lipinski definition) is 1. The van der Waals surface area contributed by atoms with Crippen molar-refractivity contribution >= 4 is 11.9 Å². The number of benzene rings is 1. The van der Waals surface area contributed by atoms with Gasteiger partial charge in [-0.2, -0.15) is 4.99 Å². The summed E-state index contributed by atoms with van der Waals surface area (Å²) in [5, 5.41) is 0. The van der Waals surface area contributed by atoms with Crippen LogP contribution in [0.25, 0.3) is 0 Å². The van der Waals surface area contributed by atoms with Gasteiger partial charge in [-0.1, -0.05) is 24.3 Å². The molecule has 1 aromatic rings. The van der Waals surface area contributed by atoms with Crippen LogP contribution in [-0.2, 0) is 0 Å². The highest BCUT2D eigenvalue weighted by molar-refractivity contribution is 6.03. The molecule has 0 aromatic heterocycles. The van der Waals surface area contributed by atoms with E-state index in [0.29, 0.717) is 12.5 Å². The maximum atomic E-state index is 12.6. The molecule has 2 amide bonds. The van der Waals surface area contributed by atoms with E-state index in [9.17, 15) is 13.6 Å². The summed E-state index contributed by atoms with van der Waals surface area (Å²) in [7, 11) is 0. The molecule has 2 aliphatic rings. The van der Waals surface area contributed by atoms with Gasteiger partial charge in [0.25, 0.3) is 6.43 Å². The van der Waals surface area contributed by atoms with Crippen molar-refractivity contribution in [1.82, 2.24) is 4.90 Å². The molecular formula is C14H15F2N3O. The second-order valence-electron chi connectivity index (χ2n) is 5.28. The molecule has 4 nitrogen and oxygen atoms in total. The summed E-state index contributed by atoms with van der Waals surface area (Å²) in [5.41, 5.74) is 6.51. The SMILES string of the molecule is NC1=NC(=O)N(CC2CC2)C1c1ccc(C(F)F)cc1. The Bertz CT molecular complexity index is 552. The van der Waals surface area contributed by atoms with Crippen LogP contribution in [0.15, 0.2) is 29.3 Å². The van der Waals surface area contributed by atoms with Crippen LogP contribution < -0.4 is 5.73 Å². The Kier molecular flexibility index (Phi) is 3.16. The first-order valence-corrected chi connectivity index (χ1v) is 6.59. The number of amides is 2. The molecule has 1 aliphatic carbocycles. The Hall–Kier alpha value is -1.98. The molecule has 0 bridgehead atoms. The van der Waals surface area contributed by atoms with Crippen LogP contribution in [0.4, 0.5) is 13.6 Å². The van der Waals surface area contributed by atoms with Crippen LogP contribution in [0, 0.1) is 5.92 Å². The van der Waals surface area contributed by atoms with Gasteiger partial charge in [-0.15, -0.1) is 0 Å². The normalized spacial score (nSPS) is 22.6. The molecule has 6 heteroatoms. The summed E-state index contributed by atoms with van der Waals surface area (Å²) in [6.07, 6.45) is -0.274. The zero-order chi connectivity index (χ0) is 14.3. The second kappa shape index (κ2) is 4.85. The molecule has 0 radical (unpaired) electrons. The van der Waals surface area contributed by atoms with E-state index >= 15 is 0 Å². The number of carbonyl (C=O) groups excluding carboxylic acids is 1. The molecule has 2 N–H and O–H groups in total. The van der Waals surface area contributed by atoms with Crippen molar-refractivity contribution in [2.24, 2.45) is 16.6 Å². The number of rotatable bonds is 4. The van der Waals surface area contributed by atoms with E-state index in [1.807, 2.05) is 0 Å². The first kappa shape index (κ1) is 13.0. The highest BCUT2D eigenvalue weighted by Crippen LogP contribution is 2.35. The van der Waals surface area contributed by atoms with Crippen LogP contribution in [0.3, 0.4) is 0 Å². The predicted molar refractivity (Wildman–Crippen MR) is 70.6 cm³/mol. The minimum absolute atomic E-state index is 0.0395. The molecular weight excluding hydrogens is 264 g/mol. The predicted octanol–water partition coefficient (Wildman–Crippen LogP) is 2.87. The van der Waals surface area contributed by atoms with Crippen molar-refractivity contribution in [1.29, 1.82) is 0 Å². The maximum Gasteiger partial charge on any atom is 0.346 e. The lowest BCUT2D eigenvalue weighted by Crippen LogP contribution is -2.34. The molecule has 1 fully saturated rings. The number of amidine groups is 1. The van der Waals surface area contributed by atoms with Gasteiger partial charge in [-0.3, -0.25) is 0 Å². The zero-order valence-electron chi connectivity index (χ0n) is 10.8. The van der Waals surface area contributed by atoms with Gasteiger partial charge in [0.2, 0.25) is 0 Å². The van der Waals surface area contributed by atoms with Crippen molar-refractivity contribution < 1.29 is 13.6 Å². The highest BCUT2D eigenvalue weighted by atomic mass is 19.3. The molecule has 1 saturated carbocycles. The Morgan fingerprint density at radius 1 is 1.30 bits per heavy atom. The van der Waals surface area contributed by atoms with Crippen LogP contribution in [0.1, 0.15) is 36.4 Å². The lowest BCUT2D eigenvalue weighted by atomic mass is 10.0. The van der Waals surface area contributed by atoms with E-state index < -0.39 is 12.5 Å². The van der Waals surface area contributed by atoms with Gasteiger partial charge in [0.1, 0.15) is 11.9 Å². The molecule has 1 aromatic carbocycles. The van der Waals surface area contributed by atoms with Crippen molar-refractivity contribution in [2.75, 3.05) is 6.54 Å². The standard InChI is InChI=1S/C14H15F2N3O/c15-12(16)10-5-3-9(4-6-10)11-13(17)18-14(20)19(11)7-8-1-2-8/h3-6,8,11-12H,1-2,7H2,(H2,17,18,20). The Morgan fingerprint density at radius 2 is 1.95 bits per heavy atom. The maximum absolute atomic E-state index is 12.6. The smallest absolute Gasteiger partial charge is 0.346 e. The van der Waals surface area contributed by atoms with Crippen LogP contribution in [0.2, 0.25) is 0 Å². The van der Waals surface area contributed by atoms with Crippen molar-refractivity contribution in [3.63, 3.8) is 0 Å². The average molecular weight is 279 g/mol. The zero-order valence-corrected chi connectivity index (χ0v) is 10.8. The molecule has 1 atom stereocenters. The van der Waals surface area contributed by atoms with E-state index in [1.54, 1.807) is 17.0 Å². The largest absolute Gasteiger partial charge is 0.385 e. The molecule has 106 valence electrons. The molecule has 1 heterocycles. The third kappa shape index (κ3) is 2.37. The lowest BCUT2D eigenvalue weighted by Gasteiger charge is -2.24. The quantitative estimate of drug-likeness (QED) is 0.921. The number of halogens is 2. The fourth-order valence-corrected chi connectivity index (χ4v) is 2.44. The van der Waals surface area contributed by atoms with Crippen LogP contribution in [0.5, 0.6) is 0 Å². The third-order valence-corrected chi connectivity index (χ3v) is 3.72. The van der Waals surface area contributed by atoms with Gasteiger partial charge in [-0.25, -0.2) is 13.6 Å². The van der Waals surface area contributed by atoms with Crippen LogP contribution in [-0.4, -0.2) is 23.3 Å². The Morgan fingerprint density at radius 3 is 2.50 bits per heavy atom. The van der Waals surface area contributed by atoms with Gasteiger partial charge >= 0.3 is 6.03 Å². The Balaban J connectivity index is 1.85. The minimum atomic E-state index is -2.50. The van der Waals surface area contributed by atoms with Gasteiger partial charge in [0.15, 0.2) is 0 Å².